The second kappa shape index (κ2) is 7.58. The highest BCUT2D eigenvalue weighted by Gasteiger charge is 2.54. The molecule has 1 spiro atoms. The van der Waals surface area contributed by atoms with Crippen LogP contribution in [0.5, 0.6) is 0 Å². The average Bonchev–Trinajstić information content (AvgIpc) is 3.34. The maximum Gasteiger partial charge on any atom is 0.254 e. The predicted molar refractivity (Wildman–Crippen MR) is 103 cm³/mol. The third-order valence-corrected chi connectivity index (χ3v) is 6.58. The first-order valence-corrected chi connectivity index (χ1v) is 10.4. The van der Waals surface area contributed by atoms with Gasteiger partial charge in [-0.2, -0.15) is 0 Å². The molecule has 1 saturated carbocycles. The fourth-order valence-electron chi connectivity index (χ4n) is 4.87. The minimum absolute atomic E-state index is 0.0343. The standard InChI is InChI=1S/C20H27BrN2O3/c1-22(19(24)15-6-8-16(21)9-7-15)18-17(23-11-2-3-12-23)5-4-10-20(18)25-13-14-26-20/h6-9,17-18H,2-5,10-14H2,1H3/t17-,18+/m0/s1. The van der Waals surface area contributed by atoms with Gasteiger partial charge in [-0.05, 0) is 63.0 Å². The summed E-state index contributed by atoms with van der Waals surface area (Å²) in [5, 5.41) is 0. The molecule has 1 aromatic carbocycles. The van der Waals surface area contributed by atoms with Gasteiger partial charge in [0.05, 0.1) is 13.2 Å². The number of nitrogens with zero attached hydrogens (tertiary/aromatic N) is 2. The zero-order chi connectivity index (χ0) is 18.1. The lowest BCUT2D eigenvalue weighted by Gasteiger charge is -2.50. The van der Waals surface area contributed by atoms with Crippen LogP contribution in [0.3, 0.4) is 0 Å². The van der Waals surface area contributed by atoms with E-state index < -0.39 is 5.79 Å². The normalized spacial score (nSPS) is 28.5. The van der Waals surface area contributed by atoms with E-state index in [1.54, 1.807) is 0 Å². The monoisotopic (exact) mass is 422 g/mol. The quantitative estimate of drug-likeness (QED) is 0.749. The summed E-state index contributed by atoms with van der Waals surface area (Å²) in [6.07, 6.45) is 5.51. The van der Waals surface area contributed by atoms with Crippen LogP contribution in [-0.2, 0) is 9.47 Å². The fraction of sp³-hybridized carbons (Fsp3) is 0.650. The Balaban J connectivity index is 1.64. The van der Waals surface area contributed by atoms with Crippen LogP contribution in [0.4, 0.5) is 0 Å². The van der Waals surface area contributed by atoms with Crippen molar-refractivity contribution >= 4 is 21.8 Å². The van der Waals surface area contributed by atoms with Gasteiger partial charge in [-0.3, -0.25) is 9.69 Å². The predicted octanol–water partition coefficient (Wildman–Crippen LogP) is 3.28. The summed E-state index contributed by atoms with van der Waals surface area (Å²) in [6, 6.07) is 7.80. The lowest BCUT2D eigenvalue weighted by molar-refractivity contribution is -0.224. The van der Waals surface area contributed by atoms with E-state index in [0.717, 1.165) is 36.8 Å². The molecule has 1 aromatic rings. The Bertz CT molecular complexity index is 639. The summed E-state index contributed by atoms with van der Waals surface area (Å²) in [4.78, 5) is 17.7. The van der Waals surface area contributed by atoms with Crippen LogP contribution in [-0.4, -0.2) is 66.9 Å². The highest BCUT2D eigenvalue weighted by atomic mass is 79.9. The number of halogens is 1. The first-order chi connectivity index (χ1) is 12.6. The Hall–Kier alpha value is -0.950. The molecular formula is C20H27BrN2O3. The van der Waals surface area contributed by atoms with Crippen molar-refractivity contribution in [3.05, 3.63) is 34.3 Å². The molecule has 1 amide bonds. The van der Waals surface area contributed by atoms with Crippen molar-refractivity contribution in [3.63, 3.8) is 0 Å². The minimum atomic E-state index is -0.648. The highest BCUT2D eigenvalue weighted by Crippen LogP contribution is 2.41. The second-order valence-electron chi connectivity index (χ2n) is 7.58. The summed E-state index contributed by atoms with van der Waals surface area (Å²) in [5.74, 6) is -0.613. The molecule has 0 unspecified atom stereocenters. The number of hydrogen-bond donors (Lipinski definition) is 0. The molecule has 6 heteroatoms. The number of ether oxygens (including phenoxy) is 2. The van der Waals surface area contributed by atoms with E-state index >= 15 is 0 Å². The van der Waals surface area contributed by atoms with Crippen LogP contribution < -0.4 is 0 Å². The van der Waals surface area contributed by atoms with E-state index in [1.165, 1.54) is 12.8 Å². The van der Waals surface area contributed by atoms with Crippen molar-refractivity contribution in [2.45, 2.75) is 50.0 Å². The molecule has 2 aliphatic heterocycles. The molecule has 3 fully saturated rings. The summed E-state index contributed by atoms with van der Waals surface area (Å²) in [5.41, 5.74) is 0.703. The van der Waals surface area contributed by atoms with Crippen LogP contribution in [0.2, 0.25) is 0 Å². The van der Waals surface area contributed by atoms with Gasteiger partial charge in [0.15, 0.2) is 5.79 Å². The Morgan fingerprint density at radius 1 is 1.15 bits per heavy atom. The molecule has 0 radical (unpaired) electrons. The van der Waals surface area contributed by atoms with Crippen LogP contribution in [0.15, 0.2) is 28.7 Å². The van der Waals surface area contributed by atoms with E-state index in [1.807, 2.05) is 36.2 Å². The zero-order valence-corrected chi connectivity index (χ0v) is 16.9. The van der Waals surface area contributed by atoms with E-state index in [-0.39, 0.29) is 11.9 Å². The zero-order valence-electron chi connectivity index (χ0n) is 15.3. The summed E-state index contributed by atoms with van der Waals surface area (Å²) < 4.78 is 13.3. The van der Waals surface area contributed by atoms with Crippen molar-refractivity contribution in [2.75, 3.05) is 33.4 Å². The van der Waals surface area contributed by atoms with Crippen LogP contribution in [0.25, 0.3) is 0 Å². The summed E-state index contributed by atoms with van der Waals surface area (Å²) >= 11 is 3.44. The Morgan fingerprint density at radius 2 is 1.81 bits per heavy atom. The largest absolute Gasteiger partial charge is 0.345 e. The number of benzene rings is 1. The van der Waals surface area contributed by atoms with Gasteiger partial charge in [-0.1, -0.05) is 15.9 Å². The second-order valence-corrected chi connectivity index (χ2v) is 8.49. The van der Waals surface area contributed by atoms with E-state index in [0.29, 0.717) is 24.8 Å². The van der Waals surface area contributed by atoms with Crippen molar-refractivity contribution in [1.82, 2.24) is 9.80 Å². The molecule has 1 aliphatic carbocycles. The molecule has 142 valence electrons. The van der Waals surface area contributed by atoms with Crippen molar-refractivity contribution in [3.8, 4) is 0 Å². The number of likely N-dealkylation sites (N-methyl/N-ethyl adjacent to an activating group) is 1. The summed E-state index contributed by atoms with van der Waals surface area (Å²) in [6.45, 7) is 3.45. The summed E-state index contributed by atoms with van der Waals surface area (Å²) in [7, 11) is 1.91. The van der Waals surface area contributed by atoms with Gasteiger partial charge < -0.3 is 14.4 Å². The molecule has 3 aliphatic rings. The highest BCUT2D eigenvalue weighted by molar-refractivity contribution is 9.10. The molecular weight excluding hydrogens is 396 g/mol. The minimum Gasteiger partial charge on any atom is -0.345 e. The van der Waals surface area contributed by atoms with E-state index in [4.69, 9.17) is 9.47 Å². The van der Waals surface area contributed by atoms with Gasteiger partial charge in [-0.15, -0.1) is 0 Å². The topological polar surface area (TPSA) is 42.0 Å². The Kier molecular flexibility index (Phi) is 5.37. The van der Waals surface area contributed by atoms with Crippen LogP contribution >= 0.6 is 15.9 Å². The molecule has 0 aromatic heterocycles. The van der Waals surface area contributed by atoms with Gasteiger partial charge in [-0.25, -0.2) is 0 Å². The number of carbonyl (C=O) groups excluding carboxylic acids is 1. The van der Waals surface area contributed by atoms with Gasteiger partial charge in [0.1, 0.15) is 6.04 Å². The molecule has 26 heavy (non-hydrogen) atoms. The maximum atomic E-state index is 13.2. The van der Waals surface area contributed by atoms with Gasteiger partial charge in [0.2, 0.25) is 0 Å². The van der Waals surface area contributed by atoms with Gasteiger partial charge in [0, 0.05) is 29.5 Å². The maximum absolute atomic E-state index is 13.2. The van der Waals surface area contributed by atoms with E-state index in [9.17, 15) is 4.79 Å². The first kappa shape index (κ1) is 18.4. The van der Waals surface area contributed by atoms with E-state index in [2.05, 4.69) is 20.8 Å². The van der Waals surface area contributed by atoms with Crippen molar-refractivity contribution < 1.29 is 14.3 Å². The third kappa shape index (κ3) is 3.33. The molecule has 2 heterocycles. The number of rotatable bonds is 3. The number of carbonyl (C=O) groups is 1. The smallest absolute Gasteiger partial charge is 0.254 e. The number of amides is 1. The SMILES string of the molecule is CN(C(=O)c1ccc(Br)cc1)[C@@H]1[C@@H](N2CCCC2)CCCC12OCCO2. The Labute approximate surface area is 163 Å². The molecule has 4 rings (SSSR count). The number of hydrogen-bond acceptors (Lipinski definition) is 4. The third-order valence-electron chi connectivity index (χ3n) is 6.05. The lowest BCUT2D eigenvalue weighted by Crippen LogP contribution is -2.65. The van der Waals surface area contributed by atoms with Gasteiger partial charge >= 0.3 is 0 Å². The average molecular weight is 423 g/mol. The lowest BCUT2D eigenvalue weighted by atomic mass is 9.82. The molecule has 5 nitrogen and oxygen atoms in total. The molecule has 2 atom stereocenters. The van der Waals surface area contributed by atoms with Crippen LogP contribution in [0, 0.1) is 0 Å². The first-order valence-electron chi connectivity index (χ1n) is 9.65. The Morgan fingerprint density at radius 3 is 2.46 bits per heavy atom. The molecule has 0 bridgehead atoms. The molecule has 2 saturated heterocycles. The fourth-order valence-corrected chi connectivity index (χ4v) is 5.14. The van der Waals surface area contributed by atoms with Crippen LogP contribution in [0.1, 0.15) is 42.5 Å². The van der Waals surface area contributed by atoms with Crippen molar-refractivity contribution in [2.24, 2.45) is 0 Å². The molecule has 0 N–H and O–H groups in total. The number of likely N-dealkylation sites (tertiary alicyclic amines) is 1. The van der Waals surface area contributed by atoms with Crippen molar-refractivity contribution in [1.29, 1.82) is 0 Å². The van der Waals surface area contributed by atoms with Gasteiger partial charge in [0.25, 0.3) is 5.91 Å².